The molecule has 1 fully saturated rings. The molecule has 1 aromatic heterocycles. The summed E-state index contributed by atoms with van der Waals surface area (Å²) in [6.45, 7) is 0.0547. The maximum atomic E-state index is 12.8. The highest BCUT2D eigenvalue weighted by atomic mass is 79.9. The Kier molecular flexibility index (Phi) is 5.41. The van der Waals surface area contributed by atoms with Crippen LogP contribution >= 0.6 is 15.9 Å². The van der Waals surface area contributed by atoms with Crippen LogP contribution in [0.1, 0.15) is 30.1 Å². The fraction of sp³-hybridized carbons (Fsp3) is 0.389. The Morgan fingerprint density at radius 2 is 1.85 bits per heavy atom. The van der Waals surface area contributed by atoms with Crippen molar-refractivity contribution < 1.29 is 18.0 Å². The van der Waals surface area contributed by atoms with Crippen LogP contribution < -0.4 is 5.32 Å². The van der Waals surface area contributed by atoms with E-state index in [1.807, 2.05) is 0 Å². The summed E-state index contributed by atoms with van der Waals surface area (Å²) in [6.07, 6.45) is -2.44. The van der Waals surface area contributed by atoms with Gasteiger partial charge in [-0.25, -0.2) is 9.97 Å². The van der Waals surface area contributed by atoms with E-state index in [9.17, 15) is 18.0 Å². The summed E-state index contributed by atoms with van der Waals surface area (Å²) in [7, 11) is 3.31. The third-order valence-electron chi connectivity index (χ3n) is 4.20. The Morgan fingerprint density at radius 3 is 2.37 bits per heavy atom. The summed E-state index contributed by atoms with van der Waals surface area (Å²) >= 11 is 3.43. The highest BCUT2D eigenvalue weighted by molar-refractivity contribution is 9.10. The van der Waals surface area contributed by atoms with Crippen molar-refractivity contribution in [3.63, 3.8) is 0 Å². The topological polar surface area (TPSA) is 58.1 Å². The minimum Gasteiger partial charge on any atom is -0.360 e. The third-order valence-corrected chi connectivity index (χ3v) is 4.95. The molecule has 0 bridgehead atoms. The number of carbonyl (C=O) groups is 1. The van der Waals surface area contributed by atoms with Gasteiger partial charge in [0.25, 0.3) is 0 Å². The quantitative estimate of drug-likeness (QED) is 0.749. The molecule has 1 N–H and O–H groups in total. The van der Waals surface area contributed by atoms with Crippen LogP contribution in [0.2, 0.25) is 0 Å². The molecule has 1 heterocycles. The summed E-state index contributed by atoms with van der Waals surface area (Å²) in [4.78, 5) is 22.3. The van der Waals surface area contributed by atoms with E-state index in [4.69, 9.17) is 0 Å². The molecule has 27 heavy (non-hydrogen) atoms. The minimum absolute atomic E-state index is 0.0547. The second-order valence-electron chi connectivity index (χ2n) is 6.58. The predicted octanol–water partition coefficient (Wildman–Crippen LogP) is 4.30. The first kappa shape index (κ1) is 19.6. The number of carbonyl (C=O) groups excluding carboxylic acids is 1. The van der Waals surface area contributed by atoms with Gasteiger partial charge in [-0.3, -0.25) is 4.79 Å². The van der Waals surface area contributed by atoms with E-state index in [1.54, 1.807) is 14.1 Å². The van der Waals surface area contributed by atoms with Crippen molar-refractivity contribution in [1.29, 1.82) is 0 Å². The van der Waals surface area contributed by atoms with Crippen LogP contribution in [-0.2, 0) is 11.0 Å². The van der Waals surface area contributed by atoms with Crippen molar-refractivity contribution >= 4 is 27.7 Å². The molecular formula is C18H18BrF3N4O. The van der Waals surface area contributed by atoms with Crippen LogP contribution in [-0.4, -0.2) is 41.4 Å². The minimum atomic E-state index is -4.39. The molecule has 0 spiro atoms. The van der Waals surface area contributed by atoms with E-state index >= 15 is 0 Å². The predicted molar refractivity (Wildman–Crippen MR) is 99.3 cm³/mol. The number of anilines is 1. The van der Waals surface area contributed by atoms with Gasteiger partial charge < -0.3 is 10.2 Å². The second-order valence-corrected chi connectivity index (χ2v) is 7.38. The third kappa shape index (κ3) is 4.58. The number of nitrogens with one attached hydrogen (secondary N) is 1. The number of aromatic nitrogens is 2. The van der Waals surface area contributed by atoms with Crippen LogP contribution in [0.4, 0.5) is 19.0 Å². The van der Waals surface area contributed by atoms with Crippen molar-refractivity contribution in [3.8, 4) is 11.3 Å². The van der Waals surface area contributed by atoms with Gasteiger partial charge in [0.15, 0.2) is 0 Å². The van der Waals surface area contributed by atoms with E-state index in [1.165, 1.54) is 17.0 Å². The molecule has 2 aromatic rings. The fourth-order valence-electron chi connectivity index (χ4n) is 2.43. The van der Waals surface area contributed by atoms with Crippen LogP contribution in [0.3, 0.4) is 0 Å². The van der Waals surface area contributed by atoms with Crippen molar-refractivity contribution in [1.82, 2.24) is 14.9 Å². The van der Waals surface area contributed by atoms with Crippen LogP contribution in [0.5, 0.6) is 0 Å². The number of amides is 1. The monoisotopic (exact) mass is 442 g/mol. The maximum Gasteiger partial charge on any atom is 0.416 e. The van der Waals surface area contributed by atoms with Crippen LogP contribution in [0, 0.1) is 0 Å². The van der Waals surface area contributed by atoms with Crippen molar-refractivity contribution in [2.24, 2.45) is 0 Å². The van der Waals surface area contributed by atoms with Gasteiger partial charge in [0, 0.05) is 25.6 Å². The number of rotatable bonds is 5. The van der Waals surface area contributed by atoms with Gasteiger partial charge in [-0.1, -0.05) is 12.1 Å². The van der Waals surface area contributed by atoms with Crippen molar-refractivity contribution in [2.75, 3.05) is 26.0 Å². The average Bonchev–Trinajstić information content (AvgIpc) is 3.45. The van der Waals surface area contributed by atoms with Gasteiger partial charge in [-0.2, -0.15) is 13.2 Å². The largest absolute Gasteiger partial charge is 0.416 e. The van der Waals surface area contributed by atoms with Crippen LogP contribution in [0.15, 0.2) is 28.7 Å². The van der Waals surface area contributed by atoms with Gasteiger partial charge >= 0.3 is 6.18 Å². The number of alkyl halides is 3. The molecule has 0 atom stereocenters. The smallest absolute Gasteiger partial charge is 0.360 e. The van der Waals surface area contributed by atoms with E-state index in [0.717, 1.165) is 25.0 Å². The zero-order chi connectivity index (χ0) is 19.8. The standard InChI is InChI=1S/C18H18BrF3N4O/c1-26(2)13(27)9-23-17-14(19)15(24-16(25-17)11-3-4-11)10-5-7-12(8-6-10)18(20,21)22/h5-8,11H,3-4,9H2,1-2H3,(H,23,24,25). The molecule has 9 heteroatoms. The summed E-state index contributed by atoms with van der Waals surface area (Å²) in [5.74, 6) is 1.21. The summed E-state index contributed by atoms with van der Waals surface area (Å²) < 4.78 is 38.9. The van der Waals surface area contributed by atoms with E-state index in [-0.39, 0.29) is 18.4 Å². The zero-order valence-electron chi connectivity index (χ0n) is 14.8. The number of likely N-dealkylation sites (N-methyl/N-ethyl adjacent to an activating group) is 1. The number of benzene rings is 1. The zero-order valence-corrected chi connectivity index (χ0v) is 16.4. The lowest BCUT2D eigenvalue weighted by molar-refractivity contribution is -0.137. The SMILES string of the molecule is CN(C)C(=O)CNc1nc(C2CC2)nc(-c2ccc(C(F)(F)F)cc2)c1Br. The Hall–Kier alpha value is -2.16. The molecule has 1 aliphatic carbocycles. The highest BCUT2D eigenvalue weighted by Crippen LogP contribution is 2.41. The Bertz CT molecular complexity index is 849. The molecule has 1 aliphatic rings. The normalized spacial score (nSPS) is 14.1. The van der Waals surface area contributed by atoms with E-state index < -0.39 is 11.7 Å². The lowest BCUT2D eigenvalue weighted by atomic mass is 10.1. The molecule has 1 saturated carbocycles. The number of halogens is 4. The first-order valence-corrected chi connectivity index (χ1v) is 9.15. The lowest BCUT2D eigenvalue weighted by Crippen LogP contribution is -2.29. The van der Waals surface area contributed by atoms with Gasteiger partial charge in [0.1, 0.15) is 11.6 Å². The Morgan fingerprint density at radius 1 is 1.22 bits per heavy atom. The van der Waals surface area contributed by atoms with Crippen LogP contribution in [0.25, 0.3) is 11.3 Å². The molecule has 5 nitrogen and oxygen atoms in total. The molecule has 144 valence electrons. The van der Waals surface area contributed by atoms with Gasteiger partial charge in [-0.05, 0) is 40.9 Å². The molecule has 0 unspecified atom stereocenters. The Labute approximate surface area is 163 Å². The van der Waals surface area contributed by atoms with E-state index in [2.05, 4.69) is 31.2 Å². The molecule has 1 amide bonds. The molecular weight excluding hydrogens is 425 g/mol. The number of hydrogen-bond donors (Lipinski definition) is 1. The van der Waals surface area contributed by atoms with Gasteiger partial charge in [0.05, 0.1) is 22.3 Å². The summed E-state index contributed by atoms with van der Waals surface area (Å²) in [5, 5.41) is 2.99. The van der Waals surface area contributed by atoms with Gasteiger partial charge in [-0.15, -0.1) is 0 Å². The lowest BCUT2D eigenvalue weighted by Gasteiger charge is -2.15. The number of hydrogen-bond acceptors (Lipinski definition) is 4. The summed E-state index contributed by atoms with van der Waals surface area (Å²) in [5.41, 5.74) is 0.329. The number of nitrogens with zero attached hydrogens (tertiary/aromatic N) is 3. The van der Waals surface area contributed by atoms with Crippen molar-refractivity contribution in [3.05, 3.63) is 40.1 Å². The second kappa shape index (κ2) is 7.46. The first-order chi connectivity index (χ1) is 12.7. The molecule has 0 saturated heterocycles. The first-order valence-electron chi connectivity index (χ1n) is 8.36. The highest BCUT2D eigenvalue weighted by Gasteiger charge is 2.31. The van der Waals surface area contributed by atoms with E-state index in [0.29, 0.717) is 27.4 Å². The molecule has 1 aromatic carbocycles. The maximum absolute atomic E-state index is 12.8. The molecule has 0 aliphatic heterocycles. The molecule has 3 rings (SSSR count). The summed E-state index contributed by atoms with van der Waals surface area (Å²) in [6, 6.07) is 4.84. The fourth-order valence-corrected chi connectivity index (χ4v) is 2.98. The van der Waals surface area contributed by atoms with Crippen molar-refractivity contribution in [2.45, 2.75) is 24.9 Å². The molecule has 0 radical (unpaired) electrons. The Balaban J connectivity index is 1.95. The average molecular weight is 443 g/mol. The van der Waals surface area contributed by atoms with Gasteiger partial charge in [0.2, 0.25) is 5.91 Å².